The molecule has 2 aromatic rings. The number of nitrogens with zero attached hydrogens (tertiary/aromatic N) is 1. The van der Waals surface area contributed by atoms with Crippen molar-refractivity contribution in [3.05, 3.63) is 53.8 Å². The molecule has 3 rings (SSSR count). The molecule has 1 saturated heterocycles. The van der Waals surface area contributed by atoms with E-state index in [0.29, 0.717) is 30.3 Å². The minimum atomic E-state index is -0.442. The van der Waals surface area contributed by atoms with Crippen molar-refractivity contribution in [1.29, 1.82) is 0 Å². The fraction of sp³-hybridized carbons (Fsp3) is 0.300. The molecule has 0 spiro atoms. The van der Waals surface area contributed by atoms with Crippen LogP contribution in [0.5, 0.6) is 11.5 Å². The van der Waals surface area contributed by atoms with Crippen LogP contribution in [0.15, 0.2) is 42.5 Å². The summed E-state index contributed by atoms with van der Waals surface area (Å²) in [6.45, 7) is 0.722. The van der Waals surface area contributed by atoms with E-state index in [-0.39, 0.29) is 24.1 Å². The van der Waals surface area contributed by atoms with Crippen LogP contribution in [-0.2, 0) is 16.1 Å². The molecule has 2 amide bonds. The number of hydrogen-bond donors (Lipinski definition) is 1. The lowest BCUT2D eigenvalue weighted by molar-refractivity contribution is -0.128. The van der Waals surface area contributed by atoms with Gasteiger partial charge < -0.3 is 19.7 Å². The van der Waals surface area contributed by atoms with Crippen LogP contribution in [0.1, 0.15) is 12.0 Å². The molecule has 27 heavy (non-hydrogen) atoms. The van der Waals surface area contributed by atoms with Gasteiger partial charge in [-0.25, -0.2) is 4.39 Å². The maximum atomic E-state index is 13.0. The number of anilines is 1. The first-order chi connectivity index (χ1) is 13.0. The minimum absolute atomic E-state index is 0.0796. The molecule has 1 fully saturated rings. The number of carbonyl (C=O) groups excluding carboxylic acids is 2. The highest BCUT2D eigenvalue weighted by atomic mass is 19.1. The highest BCUT2D eigenvalue weighted by Gasteiger charge is 2.34. The minimum Gasteiger partial charge on any atom is -0.493 e. The molecule has 0 aliphatic carbocycles. The van der Waals surface area contributed by atoms with E-state index in [4.69, 9.17) is 9.47 Å². The van der Waals surface area contributed by atoms with Gasteiger partial charge in [0.05, 0.1) is 20.1 Å². The third kappa shape index (κ3) is 4.36. The average molecular weight is 372 g/mol. The number of nitrogens with one attached hydrogen (secondary N) is 1. The molecule has 0 radical (unpaired) electrons. The molecule has 1 aliphatic heterocycles. The summed E-state index contributed by atoms with van der Waals surface area (Å²) in [6, 6.07) is 11.0. The normalized spacial score (nSPS) is 16.3. The molecule has 1 atom stereocenters. The second-order valence-corrected chi connectivity index (χ2v) is 6.36. The van der Waals surface area contributed by atoms with Crippen LogP contribution in [0.3, 0.4) is 0 Å². The van der Waals surface area contributed by atoms with E-state index in [9.17, 15) is 14.0 Å². The third-order valence-electron chi connectivity index (χ3n) is 4.52. The second kappa shape index (κ2) is 8.07. The third-order valence-corrected chi connectivity index (χ3v) is 4.52. The summed E-state index contributed by atoms with van der Waals surface area (Å²) in [5.41, 5.74) is 1.40. The van der Waals surface area contributed by atoms with Crippen molar-refractivity contribution in [2.24, 2.45) is 5.92 Å². The zero-order valence-corrected chi connectivity index (χ0v) is 15.2. The van der Waals surface area contributed by atoms with Crippen LogP contribution in [0.4, 0.5) is 10.1 Å². The molecule has 7 heteroatoms. The van der Waals surface area contributed by atoms with Gasteiger partial charge in [0, 0.05) is 25.2 Å². The maximum absolute atomic E-state index is 13.0. The summed E-state index contributed by atoms with van der Waals surface area (Å²) in [7, 11) is 3.12. The van der Waals surface area contributed by atoms with Crippen molar-refractivity contribution < 1.29 is 23.5 Å². The lowest BCUT2D eigenvalue weighted by Gasteiger charge is -2.18. The van der Waals surface area contributed by atoms with E-state index in [0.717, 1.165) is 5.56 Å². The number of likely N-dealkylation sites (tertiary alicyclic amines) is 1. The van der Waals surface area contributed by atoms with Crippen molar-refractivity contribution in [2.45, 2.75) is 13.0 Å². The summed E-state index contributed by atoms with van der Waals surface area (Å²) in [6.07, 6.45) is 0.153. The Morgan fingerprint density at radius 2 is 1.85 bits per heavy atom. The first-order valence-electron chi connectivity index (χ1n) is 8.55. The largest absolute Gasteiger partial charge is 0.493 e. The van der Waals surface area contributed by atoms with Gasteiger partial charge in [0.1, 0.15) is 5.82 Å². The van der Waals surface area contributed by atoms with Crippen LogP contribution in [0.2, 0.25) is 0 Å². The van der Waals surface area contributed by atoms with Crippen LogP contribution in [-0.4, -0.2) is 37.5 Å². The van der Waals surface area contributed by atoms with Crippen molar-refractivity contribution in [3.63, 3.8) is 0 Å². The number of amides is 2. The number of ether oxygens (including phenoxy) is 2. The van der Waals surface area contributed by atoms with E-state index in [1.165, 1.54) is 24.3 Å². The second-order valence-electron chi connectivity index (χ2n) is 6.36. The molecular weight excluding hydrogens is 351 g/mol. The van der Waals surface area contributed by atoms with Gasteiger partial charge in [0.2, 0.25) is 11.8 Å². The molecule has 1 aliphatic rings. The molecule has 0 aromatic heterocycles. The van der Waals surface area contributed by atoms with Crippen LogP contribution in [0, 0.1) is 11.7 Å². The predicted octanol–water partition coefficient (Wildman–Crippen LogP) is 2.83. The highest BCUT2D eigenvalue weighted by Crippen LogP contribution is 2.29. The molecule has 142 valence electrons. The van der Waals surface area contributed by atoms with E-state index >= 15 is 0 Å². The number of hydrogen-bond acceptors (Lipinski definition) is 4. The van der Waals surface area contributed by atoms with Crippen molar-refractivity contribution in [2.75, 3.05) is 26.1 Å². The van der Waals surface area contributed by atoms with E-state index < -0.39 is 5.92 Å². The van der Waals surface area contributed by atoms with Crippen LogP contribution >= 0.6 is 0 Å². The topological polar surface area (TPSA) is 67.9 Å². The van der Waals surface area contributed by atoms with Gasteiger partial charge >= 0.3 is 0 Å². The molecule has 1 heterocycles. The zero-order chi connectivity index (χ0) is 19.4. The summed E-state index contributed by atoms with van der Waals surface area (Å²) in [4.78, 5) is 26.4. The Hall–Kier alpha value is -3.09. The zero-order valence-electron chi connectivity index (χ0n) is 15.2. The van der Waals surface area contributed by atoms with E-state index in [1.54, 1.807) is 25.2 Å². The summed E-state index contributed by atoms with van der Waals surface area (Å²) >= 11 is 0. The standard InChI is InChI=1S/C20H21FN2O4/c1-26-17-8-3-13(9-18(17)27-2)11-23-12-14(10-19(23)24)20(25)22-16-6-4-15(21)5-7-16/h3-9,14H,10-12H2,1-2H3,(H,22,25). The molecular formula is C20H21FN2O4. The summed E-state index contributed by atoms with van der Waals surface area (Å²) in [5, 5.41) is 2.73. The van der Waals surface area contributed by atoms with Crippen LogP contribution < -0.4 is 14.8 Å². The van der Waals surface area contributed by atoms with Gasteiger partial charge in [-0.15, -0.1) is 0 Å². The van der Waals surface area contributed by atoms with Crippen molar-refractivity contribution in [3.8, 4) is 11.5 Å². The van der Waals surface area contributed by atoms with Crippen molar-refractivity contribution in [1.82, 2.24) is 4.90 Å². The number of carbonyl (C=O) groups is 2. The Bertz CT molecular complexity index is 838. The van der Waals surface area contributed by atoms with Gasteiger partial charge in [-0.3, -0.25) is 9.59 Å². The molecule has 1 unspecified atom stereocenters. The van der Waals surface area contributed by atoms with E-state index in [1.807, 2.05) is 12.1 Å². The summed E-state index contributed by atoms with van der Waals surface area (Å²) < 4.78 is 23.5. The fourth-order valence-electron chi connectivity index (χ4n) is 3.08. The van der Waals surface area contributed by atoms with Crippen molar-refractivity contribution >= 4 is 17.5 Å². The smallest absolute Gasteiger partial charge is 0.229 e. The highest BCUT2D eigenvalue weighted by molar-refractivity contribution is 5.97. The number of rotatable bonds is 6. The predicted molar refractivity (Wildman–Crippen MR) is 98.1 cm³/mol. The Labute approximate surface area is 156 Å². The molecule has 6 nitrogen and oxygen atoms in total. The van der Waals surface area contributed by atoms with E-state index in [2.05, 4.69) is 5.32 Å². The van der Waals surface area contributed by atoms with Crippen LogP contribution in [0.25, 0.3) is 0 Å². The molecule has 0 bridgehead atoms. The SMILES string of the molecule is COc1ccc(CN2CC(C(=O)Nc3ccc(F)cc3)CC2=O)cc1OC. The molecule has 2 aromatic carbocycles. The Balaban J connectivity index is 1.63. The Morgan fingerprint density at radius 1 is 1.15 bits per heavy atom. The van der Waals surface area contributed by atoms with Gasteiger partial charge in [0.25, 0.3) is 0 Å². The Kier molecular flexibility index (Phi) is 5.59. The van der Waals surface area contributed by atoms with Gasteiger partial charge in [-0.2, -0.15) is 0 Å². The number of benzene rings is 2. The Morgan fingerprint density at radius 3 is 2.52 bits per heavy atom. The first-order valence-corrected chi connectivity index (χ1v) is 8.55. The average Bonchev–Trinajstić information content (AvgIpc) is 3.04. The number of methoxy groups -OCH3 is 2. The fourth-order valence-corrected chi connectivity index (χ4v) is 3.08. The number of halogens is 1. The van der Waals surface area contributed by atoms with Gasteiger partial charge in [-0.05, 0) is 42.0 Å². The monoisotopic (exact) mass is 372 g/mol. The molecule has 0 saturated carbocycles. The van der Waals surface area contributed by atoms with Gasteiger partial charge in [0.15, 0.2) is 11.5 Å². The quantitative estimate of drug-likeness (QED) is 0.847. The lowest BCUT2D eigenvalue weighted by Crippen LogP contribution is -2.28. The lowest BCUT2D eigenvalue weighted by atomic mass is 10.1. The van der Waals surface area contributed by atoms with Gasteiger partial charge in [-0.1, -0.05) is 6.07 Å². The summed E-state index contributed by atoms with van der Waals surface area (Å²) in [5.74, 6) is 0.0689. The first kappa shape index (κ1) is 18.7. The molecule has 1 N–H and O–H groups in total. The maximum Gasteiger partial charge on any atom is 0.229 e.